The van der Waals surface area contributed by atoms with Crippen LogP contribution in [0.5, 0.6) is 17.2 Å². The molecule has 0 aliphatic heterocycles. The van der Waals surface area contributed by atoms with Crippen molar-refractivity contribution in [3.05, 3.63) is 47.0 Å². The Hall–Kier alpha value is -2.73. The van der Waals surface area contributed by atoms with Crippen molar-refractivity contribution in [2.24, 2.45) is 0 Å². The second kappa shape index (κ2) is 8.39. The summed E-state index contributed by atoms with van der Waals surface area (Å²) in [6.45, 7) is 1.57. The van der Waals surface area contributed by atoms with Gasteiger partial charge in [-0.25, -0.2) is 0 Å². The molecule has 132 valence electrons. The van der Waals surface area contributed by atoms with Gasteiger partial charge in [-0.2, -0.15) is 0 Å². The van der Waals surface area contributed by atoms with Gasteiger partial charge in [0.05, 0.1) is 25.5 Å². The van der Waals surface area contributed by atoms with Crippen LogP contribution in [0.4, 0.5) is 5.69 Å². The van der Waals surface area contributed by atoms with E-state index in [4.69, 9.17) is 25.8 Å². The normalized spacial score (nSPS) is 11.4. The van der Waals surface area contributed by atoms with Gasteiger partial charge in [0.1, 0.15) is 17.2 Å². The third kappa shape index (κ3) is 4.64. The minimum atomic E-state index is -0.851. The molecular weight excluding hydrogens is 346 g/mol. The van der Waals surface area contributed by atoms with E-state index >= 15 is 0 Å². The molecule has 0 heterocycles. The van der Waals surface area contributed by atoms with Crippen LogP contribution in [0.25, 0.3) is 0 Å². The van der Waals surface area contributed by atoms with Gasteiger partial charge in [-0.3, -0.25) is 9.59 Å². The number of anilines is 1. The number of carbonyl (C=O) groups is 2. The van der Waals surface area contributed by atoms with Gasteiger partial charge in [0, 0.05) is 5.02 Å². The van der Waals surface area contributed by atoms with E-state index in [1.165, 1.54) is 20.3 Å². The number of nitrogens with one attached hydrogen (secondary N) is 1. The molecule has 0 spiro atoms. The minimum Gasteiger partial charge on any atom is -0.497 e. The number of rotatable bonds is 7. The van der Waals surface area contributed by atoms with Crippen LogP contribution < -0.4 is 19.5 Å². The Morgan fingerprint density at radius 3 is 2.48 bits per heavy atom. The van der Waals surface area contributed by atoms with E-state index in [1.54, 1.807) is 37.3 Å². The standard InChI is InChI=1S/C18H18ClNO5/c1-11(25-16-7-5-14(23-2)8-12(16)10-21)18(22)20-15-9-13(19)4-6-17(15)24-3/h4-11H,1-3H3,(H,20,22)/t11-/m1/s1. The van der Waals surface area contributed by atoms with Gasteiger partial charge in [-0.15, -0.1) is 0 Å². The smallest absolute Gasteiger partial charge is 0.265 e. The van der Waals surface area contributed by atoms with Crippen molar-refractivity contribution in [1.29, 1.82) is 0 Å². The summed E-state index contributed by atoms with van der Waals surface area (Å²) in [6.07, 6.45) is -0.210. The topological polar surface area (TPSA) is 73.9 Å². The Balaban J connectivity index is 2.13. The van der Waals surface area contributed by atoms with Gasteiger partial charge in [-0.05, 0) is 43.3 Å². The second-order valence-corrected chi connectivity index (χ2v) is 5.55. The van der Waals surface area contributed by atoms with E-state index < -0.39 is 12.0 Å². The fraction of sp³-hybridized carbons (Fsp3) is 0.222. The van der Waals surface area contributed by atoms with E-state index in [2.05, 4.69) is 5.32 Å². The molecule has 0 fully saturated rings. The number of hydrogen-bond acceptors (Lipinski definition) is 5. The highest BCUT2D eigenvalue weighted by Crippen LogP contribution is 2.28. The van der Waals surface area contributed by atoms with Crippen LogP contribution in [0.2, 0.25) is 5.02 Å². The summed E-state index contributed by atoms with van der Waals surface area (Å²) in [5, 5.41) is 3.16. The summed E-state index contributed by atoms with van der Waals surface area (Å²) >= 11 is 5.95. The molecular formula is C18H18ClNO5. The lowest BCUT2D eigenvalue weighted by atomic mass is 10.2. The molecule has 2 rings (SSSR count). The molecule has 0 unspecified atom stereocenters. The number of methoxy groups -OCH3 is 2. The van der Waals surface area contributed by atoms with Crippen molar-refractivity contribution in [2.45, 2.75) is 13.0 Å². The first-order valence-electron chi connectivity index (χ1n) is 7.42. The van der Waals surface area contributed by atoms with E-state index in [-0.39, 0.29) is 5.75 Å². The quantitative estimate of drug-likeness (QED) is 0.761. The van der Waals surface area contributed by atoms with E-state index in [1.807, 2.05) is 0 Å². The lowest BCUT2D eigenvalue weighted by molar-refractivity contribution is -0.122. The molecule has 0 saturated heterocycles. The molecule has 0 radical (unpaired) electrons. The van der Waals surface area contributed by atoms with Crippen molar-refractivity contribution in [3.63, 3.8) is 0 Å². The van der Waals surface area contributed by atoms with Crippen molar-refractivity contribution < 1.29 is 23.8 Å². The molecule has 6 nitrogen and oxygen atoms in total. The molecule has 0 aliphatic carbocycles. The third-order valence-corrected chi connectivity index (χ3v) is 3.67. The lowest BCUT2D eigenvalue weighted by Gasteiger charge is -2.17. The number of benzene rings is 2. The molecule has 0 aromatic heterocycles. The zero-order chi connectivity index (χ0) is 18.4. The van der Waals surface area contributed by atoms with E-state index in [9.17, 15) is 9.59 Å². The van der Waals surface area contributed by atoms with Crippen LogP contribution in [0, 0.1) is 0 Å². The first kappa shape index (κ1) is 18.6. The summed E-state index contributed by atoms with van der Waals surface area (Å²) in [6, 6.07) is 9.64. The highest BCUT2D eigenvalue weighted by molar-refractivity contribution is 6.31. The minimum absolute atomic E-state index is 0.288. The number of carbonyl (C=O) groups excluding carboxylic acids is 2. The number of aldehydes is 1. The number of halogens is 1. The molecule has 0 aliphatic rings. The second-order valence-electron chi connectivity index (χ2n) is 5.12. The molecule has 2 aromatic carbocycles. The van der Waals surface area contributed by atoms with Crippen LogP contribution in [0.1, 0.15) is 17.3 Å². The number of amides is 1. The summed E-state index contributed by atoms with van der Waals surface area (Å²) < 4.78 is 15.8. The maximum atomic E-state index is 12.4. The van der Waals surface area contributed by atoms with Crippen molar-refractivity contribution >= 4 is 29.5 Å². The zero-order valence-electron chi connectivity index (χ0n) is 14.0. The molecule has 1 atom stereocenters. The van der Waals surface area contributed by atoms with Crippen LogP contribution in [0.3, 0.4) is 0 Å². The summed E-state index contributed by atoms with van der Waals surface area (Å²) in [4.78, 5) is 23.6. The van der Waals surface area contributed by atoms with Gasteiger partial charge < -0.3 is 19.5 Å². The Bertz CT molecular complexity index is 778. The molecule has 0 bridgehead atoms. The molecule has 1 N–H and O–H groups in total. The van der Waals surface area contributed by atoms with Crippen molar-refractivity contribution in [3.8, 4) is 17.2 Å². The van der Waals surface area contributed by atoms with Crippen LogP contribution in [-0.4, -0.2) is 32.5 Å². The van der Waals surface area contributed by atoms with E-state index in [0.29, 0.717) is 34.1 Å². The Kier molecular flexibility index (Phi) is 6.25. The summed E-state index contributed by atoms with van der Waals surface area (Å²) in [5.41, 5.74) is 0.722. The van der Waals surface area contributed by atoms with Crippen molar-refractivity contribution in [1.82, 2.24) is 0 Å². The fourth-order valence-corrected chi connectivity index (χ4v) is 2.28. The van der Waals surface area contributed by atoms with E-state index in [0.717, 1.165) is 0 Å². The molecule has 0 saturated carbocycles. The molecule has 2 aromatic rings. The molecule has 1 amide bonds. The summed E-state index contributed by atoms with van der Waals surface area (Å²) in [7, 11) is 2.99. The lowest BCUT2D eigenvalue weighted by Crippen LogP contribution is -2.30. The Morgan fingerprint density at radius 2 is 1.84 bits per heavy atom. The molecule has 25 heavy (non-hydrogen) atoms. The van der Waals surface area contributed by atoms with Crippen LogP contribution in [0.15, 0.2) is 36.4 Å². The fourth-order valence-electron chi connectivity index (χ4n) is 2.11. The maximum Gasteiger partial charge on any atom is 0.265 e. The van der Waals surface area contributed by atoms with Gasteiger partial charge >= 0.3 is 0 Å². The summed E-state index contributed by atoms with van der Waals surface area (Å²) in [5.74, 6) is 0.878. The Morgan fingerprint density at radius 1 is 1.12 bits per heavy atom. The highest BCUT2D eigenvalue weighted by atomic mass is 35.5. The number of hydrogen-bond donors (Lipinski definition) is 1. The number of ether oxygens (including phenoxy) is 3. The average molecular weight is 364 g/mol. The van der Waals surface area contributed by atoms with Gasteiger partial charge in [-0.1, -0.05) is 11.6 Å². The zero-order valence-corrected chi connectivity index (χ0v) is 14.8. The monoisotopic (exact) mass is 363 g/mol. The molecule has 7 heteroatoms. The SMILES string of the molecule is COc1ccc(O[C@H](C)C(=O)Nc2cc(Cl)ccc2OC)c(C=O)c1. The largest absolute Gasteiger partial charge is 0.497 e. The third-order valence-electron chi connectivity index (χ3n) is 3.44. The van der Waals surface area contributed by atoms with Crippen molar-refractivity contribution in [2.75, 3.05) is 19.5 Å². The predicted molar refractivity (Wildman–Crippen MR) is 95.1 cm³/mol. The van der Waals surface area contributed by atoms with Gasteiger partial charge in [0.15, 0.2) is 12.4 Å². The Labute approximate surface area is 150 Å². The van der Waals surface area contributed by atoms with Gasteiger partial charge in [0.2, 0.25) is 0 Å². The van der Waals surface area contributed by atoms with Gasteiger partial charge in [0.25, 0.3) is 5.91 Å². The van der Waals surface area contributed by atoms with Crippen LogP contribution in [-0.2, 0) is 4.79 Å². The first-order valence-corrected chi connectivity index (χ1v) is 7.80. The first-order chi connectivity index (χ1) is 12.0. The maximum absolute atomic E-state index is 12.4. The average Bonchev–Trinajstić information content (AvgIpc) is 2.62. The predicted octanol–water partition coefficient (Wildman–Crippen LogP) is 3.58. The van der Waals surface area contributed by atoms with Crippen LogP contribution >= 0.6 is 11.6 Å². The highest BCUT2D eigenvalue weighted by Gasteiger charge is 2.18.